The van der Waals surface area contributed by atoms with Crippen molar-refractivity contribution in [2.24, 2.45) is 17.2 Å². The van der Waals surface area contributed by atoms with Crippen LogP contribution in [0.1, 0.15) is 12.8 Å². The minimum Gasteiger partial charge on any atom is -0.481 e. The molecule has 0 atom stereocenters. The van der Waals surface area contributed by atoms with Crippen molar-refractivity contribution < 1.29 is 24.9 Å². The molecule has 0 heterocycles. The number of aliphatic hydroxyl groups excluding tert-OH is 1. The van der Waals surface area contributed by atoms with Gasteiger partial charge in [0, 0.05) is 32.7 Å². The molecule has 0 aliphatic rings. The fraction of sp³-hybridized carbons (Fsp3) is 0.800. The minimum absolute atomic E-state index is 0.0694. The highest BCUT2D eigenvalue weighted by Crippen LogP contribution is 1.68. The number of carbonyl (C=O) groups is 2. The summed E-state index contributed by atoms with van der Waals surface area (Å²) in [7, 11) is 0. The number of carboxylic acid groups (broad SMARTS) is 2. The molecule has 0 aliphatic carbocycles. The molecule has 0 unspecified atom stereocenters. The third kappa shape index (κ3) is 47.6. The van der Waals surface area contributed by atoms with Crippen LogP contribution >= 0.6 is 0 Å². The SMILES string of the molecule is NCCC(=O)O.NCCC(=O)O.NCCNCCO. The Morgan fingerprint density at radius 1 is 0.842 bits per heavy atom. The van der Waals surface area contributed by atoms with Crippen LogP contribution in [-0.4, -0.2) is 66.6 Å². The summed E-state index contributed by atoms with van der Waals surface area (Å²) in [6.45, 7) is 2.74. The Balaban J connectivity index is -0.000000203. The Bertz CT molecular complexity index is 184. The van der Waals surface area contributed by atoms with E-state index in [0.717, 1.165) is 6.54 Å². The van der Waals surface area contributed by atoms with Gasteiger partial charge in [0.2, 0.25) is 0 Å². The van der Waals surface area contributed by atoms with Gasteiger partial charge in [0.05, 0.1) is 19.4 Å². The Morgan fingerprint density at radius 3 is 1.42 bits per heavy atom. The quantitative estimate of drug-likeness (QED) is 0.234. The molecule has 19 heavy (non-hydrogen) atoms. The second kappa shape index (κ2) is 22.0. The van der Waals surface area contributed by atoms with Gasteiger partial charge in [-0.25, -0.2) is 0 Å². The molecule has 0 saturated heterocycles. The van der Waals surface area contributed by atoms with Crippen molar-refractivity contribution in [1.29, 1.82) is 0 Å². The number of nitrogens with one attached hydrogen (secondary N) is 1. The molecule has 0 fully saturated rings. The summed E-state index contributed by atoms with van der Waals surface area (Å²) in [5.74, 6) is -1.67. The van der Waals surface area contributed by atoms with Gasteiger partial charge in [0.15, 0.2) is 0 Å². The van der Waals surface area contributed by atoms with Gasteiger partial charge < -0.3 is 37.8 Å². The molecule has 0 aromatic rings. The van der Waals surface area contributed by atoms with Crippen LogP contribution in [0.2, 0.25) is 0 Å². The van der Waals surface area contributed by atoms with E-state index in [1.54, 1.807) is 0 Å². The second-order valence-electron chi connectivity index (χ2n) is 3.13. The average Bonchev–Trinajstić information content (AvgIpc) is 2.31. The average molecular weight is 282 g/mol. The number of carboxylic acids is 2. The van der Waals surface area contributed by atoms with Crippen LogP contribution in [0.25, 0.3) is 0 Å². The van der Waals surface area contributed by atoms with Gasteiger partial charge in [0.1, 0.15) is 0 Å². The fourth-order valence-corrected chi connectivity index (χ4v) is 0.553. The highest BCUT2D eigenvalue weighted by Gasteiger charge is 1.88. The van der Waals surface area contributed by atoms with Crippen molar-refractivity contribution in [2.45, 2.75) is 12.8 Å². The monoisotopic (exact) mass is 282 g/mol. The summed E-state index contributed by atoms with van der Waals surface area (Å²) in [5, 5.41) is 26.8. The Hall–Kier alpha value is -1.26. The second-order valence-corrected chi connectivity index (χ2v) is 3.13. The summed E-state index contributed by atoms with van der Waals surface area (Å²) >= 11 is 0. The molecule has 0 spiro atoms. The lowest BCUT2D eigenvalue weighted by molar-refractivity contribution is -0.137. The van der Waals surface area contributed by atoms with Crippen LogP contribution in [-0.2, 0) is 9.59 Å². The van der Waals surface area contributed by atoms with Crippen LogP contribution < -0.4 is 22.5 Å². The molecule has 9 heteroatoms. The summed E-state index contributed by atoms with van der Waals surface area (Å²) in [5.41, 5.74) is 14.8. The van der Waals surface area contributed by atoms with Gasteiger partial charge in [-0.15, -0.1) is 0 Å². The molecule has 9 nitrogen and oxygen atoms in total. The van der Waals surface area contributed by atoms with Crippen molar-refractivity contribution in [3.63, 3.8) is 0 Å². The molecular weight excluding hydrogens is 256 g/mol. The molecule has 0 rings (SSSR count). The van der Waals surface area contributed by atoms with Gasteiger partial charge in [-0.1, -0.05) is 0 Å². The molecule has 116 valence electrons. The lowest BCUT2D eigenvalue weighted by Crippen LogP contribution is -2.24. The number of aliphatic carboxylic acids is 2. The van der Waals surface area contributed by atoms with Crippen molar-refractivity contribution >= 4 is 11.9 Å². The number of hydrogen-bond donors (Lipinski definition) is 7. The molecule has 0 radical (unpaired) electrons. The summed E-state index contributed by atoms with van der Waals surface area (Å²) in [6.07, 6.45) is 0.139. The first-order valence-corrected chi connectivity index (χ1v) is 5.81. The van der Waals surface area contributed by atoms with Gasteiger partial charge in [-0.05, 0) is 0 Å². The molecule has 0 aromatic heterocycles. The molecule has 0 saturated carbocycles. The van der Waals surface area contributed by atoms with Gasteiger partial charge in [0.25, 0.3) is 0 Å². The third-order valence-corrected chi connectivity index (χ3v) is 1.33. The van der Waals surface area contributed by atoms with E-state index in [4.69, 9.17) is 32.5 Å². The molecule has 0 aliphatic heterocycles. The summed E-state index contributed by atoms with van der Waals surface area (Å²) in [4.78, 5) is 19.0. The standard InChI is InChI=1S/C4H12N2O.2C3H7NO2/c5-1-2-6-3-4-7;2*4-2-1-3(5)6/h6-7H,1-5H2;2*1-2,4H2,(H,5,6). The van der Waals surface area contributed by atoms with E-state index in [9.17, 15) is 9.59 Å². The summed E-state index contributed by atoms with van der Waals surface area (Å²) in [6, 6.07) is 0. The molecule has 0 amide bonds. The predicted octanol–water partition coefficient (Wildman–Crippen LogP) is -2.63. The molecule has 10 N–H and O–H groups in total. The molecule has 0 aromatic carbocycles. The van der Waals surface area contributed by atoms with Crippen LogP contribution in [0.5, 0.6) is 0 Å². The van der Waals surface area contributed by atoms with Crippen molar-refractivity contribution in [3.8, 4) is 0 Å². The number of hydrogen-bond acceptors (Lipinski definition) is 7. The Kier molecular flexibility index (Phi) is 26.5. The van der Waals surface area contributed by atoms with Crippen molar-refractivity contribution in [3.05, 3.63) is 0 Å². The molecule has 0 bridgehead atoms. The number of aliphatic hydroxyl groups is 1. The molecular formula is C10H26N4O5. The van der Waals surface area contributed by atoms with Gasteiger partial charge in [-0.2, -0.15) is 0 Å². The maximum absolute atomic E-state index is 9.52. The smallest absolute Gasteiger partial charge is 0.304 e. The van der Waals surface area contributed by atoms with E-state index in [0.29, 0.717) is 13.1 Å². The lowest BCUT2D eigenvalue weighted by atomic mass is 10.5. The highest BCUT2D eigenvalue weighted by molar-refractivity contribution is 5.67. The fourth-order valence-electron chi connectivity index (χ4n) is 0.553. The van der Waals surface area contributed by atoms with Crippen LogP contribution in [0.15, 0.2) is 0 Å². The first-order chi connectivity index (χ1) is 8.95. The normalized spacial score (nSPS) is 8.63. The van der Waals surface area contributed by atoms with E-state index >= 15 is 0 Å². The largest absolute Gasteiger partial charge is 0.481 e. The van der Waals surface area contributed by atoms with E-state index in [2.05, 4.69) is 5.32 Å². The van der Waals surface area contributed by atoms with E-state index in [-0.39, 0.29) is 32.5 Å². The van der Waals surface area contributed by atoms with E-state index in [1.165, 1.54) is 0 Å². The first-order valence-electron chi connectivity index (χ1n) is 5.81. The Morgan fingerprint density at radius 2 is 1.26 bits per heavy atom. The minimum atomic E-state index is -0.836. The number of rotatable bonds is 8. The number of nitrogens with two attached hydrogens (primary N) is 3. The van der Waals surface area contributed by atoms with E-state index < -0.39 is 11.9 Å². The first kappa shape index (κ1) is 22.9. The van der Waals surface area contributed by atoms with Crippen LogP contribution in [0.4, 0.5) is 0 Å². The van der Waals surface area contributed by atoms with Crippen LogP contribution in [0.3, 0.4) is 0 Å². The van der Waals surface area contributed by atoms with Gasteiger partial charge in [-0.3, -0.25) is 9.59 Å². The van der Waals surface area contributed by atoms with Gasteiger partial charge >= 0.3 is 11.9 Å². The van der Waals surface area contributed by atoms with E-state index in [1.807, 2.05) is 0 Å². The maximum Gasteiger partial charge on any atom is 0.304 e. The van der Waals surface area contributed by atoms with Crippen molar-refractivity contribution in [1.82, 2.24) is 5.32 Å². The predicted molar refractivity (Wildman–Crippen MR) is 71.6 cm³/mol. The summed E-state index contributed by atoms with van der Waals surface area (Å²) < 4.78 is 0. The van der Waals surface area contributed by atoms with Crippen LogP contribution in [0, 0.1) is 0 Å². The third-order valence-electron chi connectivity index (χ3n) is 1.33. The maximum atomic E-state index is 9.52. The topological polar surface area (TPSA) is 185 Å². The van der Waals surface area contributed by atoms with Crippen molar-refractivity contribution in [2.75, 3.05) is 39.3 Å². The zero-order chi connectivity index (χ0) is 15.5. The highest BCUT2D eigenvalue weighted by atomic mass is 16.4. The zero-order valence-corrected chi connectivity index (χ0v) is 11.0. The lowest BCUT2D eigenvalue weighted by Gasteiger charge is -1.95. The zero-order valence-electron chi connectivity index (χ0n) is 11.0. The Labute approximate surface area is 112 Å².